The Balaban J connectivity index is 1.59. The molecule has 1 aliphatic heterocycles. The van der Waals surface area contributed by atoms with Gasteiger partial charge in [-0.1, -0.05) is 53.4 Å². The van der Waals surface area contributed by atoms with E-state index in [1.807, 2.05) is 43.5 Å². The van der Waals surface area contributed by atoms with Crippen molar-refractivity contribution in [3.63, 3.8) is 0 Å². The van der Waals surface area contributed by atoms with Crippen molar-refractivity contribution < 1.29 is 14.3 Å². The average Bonchev–Trinajstić information content (AvgIpc) is 3.07. The van der Waals surface area contributed by atoms with Gasteiger partial charge in [-0.2, -0.15) is 5.26 Å². The second kappa shape index (κ2) is 10.6. The third-order valence-electron chi connectivity index (χ3n) is 6.33. The minimum Gasteiger partial charge on any atom is -0.493 e. The zero-order valence-corrected chi connectivity index (χ0v) is 21.6. The molecule has 2 aromatic rings. The molecule has 1 saturated heterocycles. The van der Waals surface area contributed by atoms with Crippen LogP contribution in [0.25, 0.3) is 6.08 Å². The number of methoxy groups -OCH3 is 1. The van der Waals surface area contributed by atoms with Crippen LogP contribution in [0.5, 0.6) is 11.5 Å². The summed E-state index contributed by atoms with van der Waals surface area (Å²) in [4.78, 5) is 16.9. The highest BCUT2D eigenvalue weighted by Crippen LogP contribution is 2.37. The normalized spacial score (nSPS) is 17.9. The fraction of sp³-hybridized carbons (Fsp3) is 0.346. The maximum Gasteiger partial charge on any atom is 0.277 e. The number of halogens is 1. The van der Waals surface area contributed by atoms with Crippen LogP contribution in [0.2, 0.25) is 0 Å². The fourth-order valence-corrected chi connectivity index (χ4v) is 5.20. The summed E-state index contributed by atoms with van der Waals surface area (Å²) in [7, 11) is 3.41. The van der Waals surface area contributed by atoms with Crippen molar-refractivity contribution in [3.05, 3.63) is 63.3 Å². The molecular formula is C26H26BrN3O3S. The summed E-state index contributed by atoms with van der Waals surface area (Å²) >= 11 is 9.24. The highest BCUT2D eigenvalue weighted by atomic mass is 79.9. The number of ether oxygens (including phenoxy) is 2. The van der Waals surface area contributed by atoms with E-state index in [-0.39, 0.29) is 18.6 Å². The second-order valence-corrected chi connectivity index (χ2v) is 9.64. The lowest BCUT2D eigenvalue weighted by atomic mass is 9.94. The molecule has 0 atom stereocenters. The van der Waals surface area contributed by atoms with E-state index >= 15 is 0 Å². The first-order valence-electron chi connectivity index (χ1n) is 11.3. The number of likely N-dealkylation sites (N-methyl/N-ethyl adjacent to an activating group) is 1. The standard InChI is InChI=1S/C26H26BrN3O3S/c1-29-22(25(31)30(26(29)34)20-10-4-3-5-11-20)12-19-13-23(32-2)24(14-21(19)27)33-16-18-9-7-6-8-17(18)15-28/h6-9,12-14,20H,3-5,10-11,16H2,1-2H3/b22-12-. The molecule has 8 heteroatoms. The molecule has 2 fully saturated rings. The van der Waals surface area contributed by atoms with Crippen LogP contribution < -0.4 is 9.47 Å². The number of nitrogens with zero attached hydrogens (tertiary/aromatic N) is 3. The SMILES string of the molecule is COc1cc(/C=C2/C(=O)N(C3CCCCC3)C(=S)N2C)c(Br)cc1OCc1ccccc1C#N. The van der Waals surface area contributed by atoms with Gasteiger partial charge in [0.25, 0.3) is 5.91 Å². The average molecular weight is 540 g/mol. The summed E-state index contributed by atoms with van der Waals surface area (Å²) < 4.78 is 12.3. The number of hydrogen-bond donors (Lipinski definition) is 0. The smallest absolute Gasteiger partial charge is 0.277 e. The van der Waals surface area contributed by atoms with Gasteiger partial charge in [-0.25, -0.2) is 0 Å². The molecule has 2 aromatic carbocycles. The zero-order valence-electron chi connectivity index (χ0n) is 19.2. The van der Waals surface area contributed by atoms with E-state index in [0.29, 0.717) is 27.9 Å². The molecule has 0 unspecified atom stereocenters. The van der Waals surface area contributed by atoms with Gasteiger partial charge in [0.1, 0.15) is 12.3 Å². The Labute approximate surface area is 213 Å². The van der Waals surface area contributed by atoms with Gasteiger partial charge < -0.3 is 14.4 Å². The van der Waals surface area contributed by atoms with Crippen molar-refractivity contribution >= 4 is 45.2 Å². The van der Waals surface area contributed by atoms with E-state index in [1.54, 1.807) is 23.0 Å². The quantitative estimate of drug-likeness (QED) is 0.349. The number of rotatable bonds is 6. The van der Waals surface area contributed by atoms with E-state index in [9.17, 15) is 10.1 Å². The van der Waals surface area contributed by atoms with Gasteiger partial charge in [-0.15, -0.1) is 0 Å². The predicted octanol–water partition coefficient (Wildman–Crippen LogP) is 5.64. The maximum atomic E-state index is 13.3. The molecule has 1 saturated carbocycles. The number of benzene rings is 2. The number of thiocarbonyl (C=S) groups is 1. The number of nitriles is 1. The van der Waals surface area contributed by atoms with Gasteiger partial charge in [0.05, 0.1) is 18.7 Å². The van der Waals surface area contributed by atoms with Gasteiger partial charge >= 0.3 is 0 Å². The van der Waals surface area contributed by atoms with Crippen LogP contribution in [0.1, 0.15) is 48.8 Å². The van der Waals surface area contributed by atoms with Gasteiger partial charge in [0, 0.05) is 23.1 Å². The number of carbonyl (C=O) groups is 1. The van der Waals surface area contributed by atoms with Crippen molar-refractivity contribution in [1.29, 1.82) is 5.26 Å². The van der Waals surface area contributed by atoms with Gasteiger partial charge in [-0.05, 0) is 54.9 Å². The number of hydrogen-bond acceptors (Lipinski definition) is 5. The Morgan fingerprint density at radius 1 is 1.21 bits per heavy atom. The lowest BCUT2D eigenvalue weighted by Gasteiger charge is -2.30. The fourth-order valence-electron chi connectivity index (χ4n) is 4.43. The van der Waals surface area contributed by atoms with E-state index in [4.69, 9.17) is 21.7 Å². The molecule has 0 aromatic heterocycles. The van der Waals surface area contributed by atoms with Gasteiger partial charge in [0.2, 0.25) is 0 Å². The lowest BCUT2D eigenvalue weighted by Crippen LogP contribution is -2.41. The minimum atomic E-state index is -0.0568. The molecule has 2 aliphatic rings. The van der Waals surface area contributed by atoms with Crippen LogP contribution >= 0.6 is 28.1 Å². The predicted molar refractivity (Wildman–Crippen MR) is 138 cm³/mol. The zero-order chi connectivity index (χ0) is 24.2. The van der Waals surface area contributed by atoms with Crippen LogP contribution in [-0.4, -0.2) is 41.0 Å². The topological polar surface area (TPSA) is 65.8 Å². The summed E-state index contributed by atoms with van der Waals surface area (Å²) in [6.45, 7) is 0.235. The summed E-state index contributed by atoms with van der Waals surface area (Å²) in [5.74, 6) is 1.01. The molecule has 176 valence electrons. The van der Waals surface area contributed by atoms with Gasteiger partial charge in [-0.3, -0.25) is 9.69 Å². The van der Waals surface area contributed by atoms with Crippen LogP contribution in [0, 0.1) is 11.3 Å². The Hall–Kier alpha value is -2.89. The summed E-state index contributed by atoms with van der Waals surface area (Å²) in [6.07, 6.45) is 7.29. The first-order valence-corrected chi connectivity index (χ1v) is 12.5. The van der Waals surface area contributed by atoms with Crippen LogP contribution in [0.4, 0.5) is 0 Å². The molecular weight excluding hydrogens is 514 g/mol. The maximum absolute atomic E-state index is 13.3. The van der Waals surface area contributed by atoms with Crippen LogP contribution in [0.15, 0.2) is 46.6 Å². The third kappa shape index (κ3) is 4.82. The van der Waals surface area contributed by atoms with Crippen molar-refractivity contribution in [1.82, 2.24) is 9.80 Å². The van der Waals surface area contributed by atoms with E-state index in [2.05, 4.69) is 22.0 Å². The number of amides is 1. The monoisotopic (exact) mass is 539 g/mol. The van der Waals surface area contributed by atoms with Crippen molar-refractivity contribution in [3.8, 4) is 17.6 Å². The van der Waals surface area contributed by atoms with E-state index < -0.39 is 0 Å². The molecule has 0 N–H and O–H groups in total. The van der Waals surface area contributed by atoms with Gasteiger partial charge in [0.15, 0.2) is 16.6 Å². The largest absolute Gasteiger partial charge is 0.493 e. The Morgan fingerprint density at radius 2 is 1.94 bits per heavy atom. The Morgan fingerprint density at radius 3 is 2.65 bits per heavy atom. The summed E-state index contributed by atoms with van der Waals surface area (Å²) in [6, 6.07) is 13.3. The number of carbonyl (C=O) groups excluding carboxylic acids is 1. The third-order valence-corrected chi connectivity index (χ3v) is 7.49. The first kappa shape index (κ1) is 24.2. The minimum absolute atomic E-state index is 0.0568. The van der Waals surface area contributed by atoms with Crippen molar-refractivity contribution in [2.75, 3.05) is 14.2 Å². The van der Waals surface area contributed by atoms with Crippen LogP contribution in [-0.2, 0) is 11.4 Å². The summed E-state index contributed by atoms with van der Waals surface area (Å²) in [5, 5.41) is 9.87. The Bertz CT molecular complexity index is 1180. The molecule has 1 heterocycles. The van der Waals surface area contributed by atoms with Crippen molar-refractivity contribution in [2.24, 2.45) is 0 Å². The molecule has 0 spiro atoms. The molecule has 34 heavy (non-hydrogen) atoms. The Kier molecular flexibility index (Phi) is 7.54. The highest BCUT2D eigenvalue weighted by Gasteiger charge is 2.40. The molecule has 4 rings (SSSR count). The molecule has 0 bridgehead atoms. The molecule has 6 nitrogen and oxygen atoms in total. The second-order valence-electron chi connectivity index (χ2n) is 8.42. The van der Waals surface area contributed by atoms with E-state index in [1.165, 1.54) is 6.42 Å². The van der Waals surface area contributed by atoms with E-state index in [0.717, 1.165) is 41.3 Å². The highest BCUT2D eigenvalue weighted by molar-refractivity contribution is 9.10. The van der Waals surface area contributed by atoms with Crippen molar-refractivity contribution in [2.45, 2.75) is 44.8 Å². The van der Waals surface area contributed by atoms with Crippen LogP contribution in [0.3, 0.4) is 0 Å². The summed E-state index contributed by atoms with van der Waals surface area (Å²) in [5.41, 5.74) is 2.69. The first-order chi connectivity index (χ1) is 16.4. The lowest BCUT2D eigenvalue weighted by molar-refractivity contribution is -0.124. The molecule has 0 radical (unpaired) electrons. The molecule has 1 aliphatic carbocycles. The molecule has 1 amide bonds.